The molecule has 6 heteroatoms. The summed E-state index contributed by atoms with van der Waals surface area (Å²) in [6.07, 6.45) is -0.663. The van der Waals surface area contributed by atoms with Crippen LogP contribution in [-0.4, -0.2) is 22.5 Å². The van der Waals surface area contributed by atoms with Crippen LogP contribution < -0.4 is 5.32 Å². The number of halogens is 1. The Morgan fingerprint density at radius 2 is 2.12 bits per heavy atom. The molecule has 0 atom stereocenters. The summed E-state index contributed by atoms with van der Waals surface area (Å²) < 4.78 is 5.63. The first-order valence-corrected chi connectivity index (χ1v) is 5.79. The molecule has 1 aromatic heterocycles. The van der Waals surface area contributed by atoms with Crippen LogP contribution in [0.4, 0.5) is 4.79 Å². The lowest BCUT2D eigenvalue weighted by atomic mass is 10.2. The largest absolute Gasteiger partial charge is 0.444 e. The average Bonchev–Trinajstić information content (AvgIpc) is 2.14. The Morgan fingerprint density at radius 1 is 1.47 bits per heavy atom. The lowest BCUT2D eigenvalue weighted by Crippen LogP contribution is -2.36. The Morgan fingerprint density at radius 3 is 2.65 bits per heavy atom. The molecule has 0 aliphatic carbocycles. The van der Waals surface area contributed by atoms with Gasteiger partial charge in [-0.2, -0.15) is 0 Å². The van der Waals surface area contributed by atoms with Gasteiger partial charge in [0.15, 0.2) is 5.84 Å². The second kappa shape index (κ2) is 5.27. The molecule has 0 radical (unpaired) electrons. The lowest BCUT2D eigenvalue weighted by molar-refractivity contribution is 0.0563. The third-order valence-electron chi connectivity index (χ3n) is 1.60. The number of rotatable bonds is 1. The standard InChI is InChI=1S/C11H14BrN3O2/c1-11(2,3)17-10(16)15-9(13)7-5-4-6-8(12)14-7/h4-6H,1-3H3,(H2,13,15,16). The van der Waals surface area contributed by atoms with Gasteiger partial charge < -0.3 is 4.74 Å². The molecule has 0 aliphatic rings. The highest BCUT2D eigenvalue weighted by molar-refractivity contribution is 9.10. The summed E-state index contributed by atoms with van der Waals surface area (Å²) in [6, 6.07) is 5.10. The molecule has 5 nitrogen and oxygen atoms in total. The van der Waals surface area contributed by atoms with Gasteiger partial charge in [0.05, 0.1) is 0 Å². The van der Waals surface area contributed by atoms with Crippen molar-refractivity contribution < 1.29 is 9.53 Å². The van der Waals surface area contributed by atoms with E-state index in [9.17, 15) is 4.79 Å². The van der Waals surface area contributed by atoms with E-state index < -0.39 is 11.7 Å². The molecular weight excluding hydrogens is 286 g/mol. The molecule has 1 aromatic rings. The number of aromatic nitrogens is 1. The van der Waals surface area contributed by atoms with Crippen LogP contribution in [0.25, 0.3) is 0 Å². The highest BCUT2D eigenvalue weighted by Gasteiger charge is 2.17. The van der Waals surface area contributed by atoms with Gasteiger partial charge in [-0.1, -0.05) is 6.07 Å². The van der Waals surface area contributed by atoms with Crippen molar-refractivity contribution in [3.05, 3.63) is 28.5 Å². The molecule has 1 amide bonds. The Bertz CT molecular complexity index is 441. The summed E-state index contributed by atoms with van der Waals surface area (Å²) in [4.78, 5) is 15.5. The van der Waals surface area contributed by atoms with Crippen molar-refractivity contribution >= 4 is 27.9 Å². The predicted octanol–water partition coefficient (Wildman–Crippen LogP) is 2.69. The molecule has 92 valence electrons. The Hall–Kier alpha value is -1.43. The number of amidine groups is 1. The number of hydrogen-bond acceptors (Lipinski definition) is 4. The fourth-order valence-corrected chi connectivity index (χ4v) is 1.36. The molecule has 0 unspecified atom stereocenters. The maximum absolute atomic E-state index is 11.4. The zero-order valence-electron chi connectivity index (χ0n) is 9.87. The van der Waals surface area contributed by atoms with Gasteiger partial charge in [-0.25, -0.2) is 9.78 Å². The molecule has 2 N–H and O–H groups in total. The van der Waals surface area contributed by atoms with E-state index in [1.54, 1.807) is 39.0 Å². The van der Waals surface area contributed by atoms with Gasteiger partial charge in [0.25, 0.3) is 0 Å². The minimum absolute atomic E-state index is 0.0967. The van der Waals surface area contributed by atoms with E-state index in [-0.39, 0.29) is 5.84 Å². The molecular formula is C11H14BrN3O2. The van der Waals surface area contributed by atoms with E-state index >= 15 is 0 Å². The molecule has 0 saturated heterocycles. The van der Waals surface area contributed by atoms with Crippen molar-refractivity contribution in [3.63, 3.8) is 0 Å². The first kappa shape index (κ1) is 13.6. The highest BCUT2D eigenvalue weighted by Crippen LogP contribution is 2.08. The number of hydrogen-bond donors (Lipinski definition) is 2. The molecule has 0 aliphatic heterocycles. The van der Waals surface area contributed by atoms with Gasteiger partial charge in [0.2, 0.25) is 0 Å². The van der Waals surface area contributed by atoms with E-state index in [1.165, 1.54) is 0 Å². The molecule has 0 fully saturated rings. The number of ether oxygens (including phenoxy) is 1. The van der Waals surface area contributed by atoms with Gasteiger partial charge in [-0.15, -0.1) is 0 Å². The van der Waals surface area contributed by atoms with Crippen LogP contribution in [0.5, 0.6) is 0 Å². The number of pyridine rings is 1. The van der Waals surface area contributed by atoms with E-state index in [0.29, 0.717) is 10.3 Å². The van der Waals surface area contributed by atoms with Crippen molar-refractivity contribution in [2.45, 2.75) is 26.4 Å². The van der Waals surface area contributed by atoms with Crippen LogP contribution in [0.15, 0.2) is 22.8 Å². The molecule has 0 bridgehead atoms. The van der Waals surface area contributed by atoms with Crippen molar-refractivity contribution in [1.29, 1.82) is 5.41 Å². The quantitative estimate of drug-likeness (QED) is 0.475. The number of carbonyl (C=O) groups is 1. The number of nitrogens with zero attached hydrogens (tertiary/aromatic N) is 1. The third-order valence-corrected chi connectivity index (χ3v) is 2.04. The number of amides is 1. The summed E-state index contributed by atoms with van der Waals surface area (Å²) in [7, 11) is 0. The fourth-order valence-electron chi connectivity index (χ4n) is 1.02. The van der Waals surface area contributed by atoms with Gasteiger partial charge in [-0.05, 0) is 48.8 Å². The van der Waals surface area contributed by atoms with Crippen LogP contribution in [-0.2, 0) is 4.74 Å². The van der Waals surface area contributed by atoms with E-state index in [2.05, 4.69) is 26.2 Å². The maximum atomic E-state index is 11.4. The zero-order chi connectivity index (χ0) is 13.1. The molecule has 0 saturated carbocycles. The Balaban J connectivity index is 2.64. The normalized spacial score (nSPS) is 10.8. The topological polar surface area (TPSA) is 75.1 Å². The monoisotopic (exact) mass is 299 g/mol. The summed E-state index contributed by atoms with van der Waals surface area (Å²) in [5, 5.41) is 9.99. The average molecular weight is 300 g/mol. The lowest BCUT2D eigenvalue weighted by Gasteiger charge is -2.19. The Labute approximate surface area is 108 Å². The van der Waals surface area contributed by atoms with Gasteiger partial charge in [-0.3, -0.25) is 10.7 Å². The SMILES string of the molecule is CC(C)(C)OC(=O)NC(=N)c1cccc(Br)n1. The van der Waals surface area contributed by atoms with Crippen LogP contribution in [0.2, 0.25) is 0 Å². The number of carbonyl (C=O) groups excluding carboxylic acids is 1. The smallest absolute Gasteiger partial charge is 0.413 e. The van der Waals surface area contributed by atoms with Gasteiger partial charge in [0.1, 0.15) is 15.9 Å². The molecule has 17 heavy (non-hydrogen) atoms. The minimum atomic E-state index is -0.663. The third kappa shape index (κ3) is 4.95. The molecule has 0 aromatic carbocycles. The first-order chi connectivity index (χ1) is 7.78. The van der Waals surface area contributed by atoms with E-state index in [4.69, 9.17) is 10.1 Å². The number of nitrogens with one attached hydrogen (secondary N) is 2. The molecule has 0 spiro atoms. The molecule has 1 rings (SSSR count). The second-order valence-corrected chi connectivity index (χ2v) is 5.16. The van der Waals surface area contributed by atoms with Crippen LogP contribution >= 0.6 is 15.9 Å². The zero-order valence-corrected chi connectivity index (χ0v) is 11.5. The summed E-state index contributed by atoms with van der Waals surface area (Å²) in [5.74, 6) is -0.0967. The predicted molar refractivity (Wildman–Crippen MR) is 68.1 cm³/mol. The van der Waals surface area contributed by atoms with Crippen LogP contribution in [0.1, 0.15) is 26.5 Å². The summed E-state index contributed by atoms with van der Waals surface area (Å²) >= 11 is 3.19. The van der Waals surface area contributed by atoms with Crippen LogP contribution in [0, 0.1) is 5.41 Å². The van der Waals surface area contributed by atoms with Crippen molar-refractivity contribution in [3.8, 4) is 0 Å². The first-order valence-electron chi connectivity index (χ1n) is 4.99. The van der Waals surface area contributed by atoms with Crippen molar-refractivity contribution in [2.24, 2.45) is 0 Å². The molecule has 1 heterocycles. The van der Waals surface area contributed by atoms with Gasteiger partial charge >= 0.3 is 6.09 Å². The number of alkyl carbamates (subject to hydrolysis) is 1. The fraction of sp³-hybridized carbons (Fsp3) is 0.364. The van der Waals surface area contributed by atoms with Crippen LogP contribution in [0.3, 0.4) is 0 Å². The summed E-state index contributed by atoms with van der Waals surface area (Å²) in [6.45, 7) is 5.27. The maximum Gasteiger partial charge on any atom is 0.413 e. The summed E-state index contributed by atoms with van der Waals surface area (Å²) in [5.41, 5.74) is -0.222. The van der Waals surface area contributed by atoms with Gasteiger partial charge in [0, 0.05) is 0 Å². The van der Waals surface area contributed by atoms with Crippen molar-refractivity contribution in [2.75, 3.05) is 0 Å². The van der Waals surface area contributed by atoms with E-state index in [1.807, 2.05) is 0 Å². The highest BCUT2D eigenvalue weighted by atomic mass is 79.9. The Kier molecular flexibility index (Phi) is 4.22. The second-order valence-electron chi connectivity index (χ2n) is 4.35. The van der Waals surface area contributed by atoms with Crippen molar-refractivity contribution in [1.82, 2.24) is 10.3 Å². The van der Waals surface area contributed by atoms with E-state index in [0.717, 1.165) is 0 Å². The minimum Gasteiger partial charge on any atom is -0.444 e.